The Morgan fingerprint density at radius 2 is 1.76 bits per heavy atom. The average Bonchev–Trinajstić information content (AvgIpc) is 3.11. The number of aromatic nitrogens is 6. The van der Waals surface area contributed by atoms with Crippen LogP contribution in [0.5, 0.6) is 0 Å². The maximum absolute atomic E-state index is 13.1. The van der Waals surface area contributed by atoms with E-state index in [1.54, 1.807) is 6.07 Å². The molecule has 3 aromatic heterocycles. The lowest BCUT2D eigenvalue weighted by atomic mass is 10.3. The first-order valence-electron chi connectivity index (χ1n) is 9.24. The largest absolute Gasteiger partial charge is 0.453 e. The van der Waals surface area contributed by atoms with Crippen LogP contribution in [0.2, 0.25) is 0 Å². The predicted molar refractivity (Wildman–Crippen MR) is 101 cm³/mol. The Morgan fingerprint density at radius 1 is 1.03 bits per heavy atom. The van der Waals surface area contributed by atoms with Crippen molar-refractivity contribution in [3.63, 3.8) is 0 Å². The van der Waals surface area contributed by atoms with Gasteiger partial charge in [0.25, 0.3) is 5.82 Å². The van der Waals surface area contributed by atoms with Gasteiger partial charge < -0.3 is 15.1 Å². The number of aryl methyl sites for hydroxylation is 1. The third-order valence-electron chi connectivity index (χ3n) is 4.59. The van der Waals surface area contributed by atoms with E-state index in [-0.39, 0.29) is 5.65 Å². The number of alkyl halides is 3. The van der Waals surface area contributed by atoms with Crippen molar-refractivity contribution in [1.82, 2.24) is 29.8 Å². The Bertz CT molecular complexity index is 1010. The van der Waals surface area contributed by atoms with Crippen molar-refractivity contribution in [2.24, 2.45) is 0 Å². The molecule has 4 heterocycles. The molecule has 0 amide bonds. The molecule has 154 valence electrons. The molecule has 0 atom stereocenters. The third-order valence-corrected chi connectivity index (χ3v) is 4.59. The summed E-state index contributed by atoms with van der Waals surface area (Å²) in [5, 5.41) is 14.1. The van der Waals surface area contributed by atoms with Gasteiger partial charge in [-0.05, 0) is 26.0 Å². The molecule has 0 spiro atoms. The lowest BCUT2D eigenvalue weighted by molar-refractivity contribution is -0.146. The lowest BCUT2D eigenvalue weighted by Gasteiger charge is -2.35. The number of rotatable bonds is 4. The highest BCUT2D eigenvalue weighted by Gasteiger charge is 2.37. The van der Waals surface area contributed by atoms with Gasteiger partial charge in [0, 0.05) is 44.5 Å². The average molecular weight is 407 g/mol. The van der Waals surface area contributed by atoms with E-state index in [1.165, 1.54) is 6.07 Å². The van der Waals surface area contributed by atoms with Crippen molar-refractivity contribution in [1.29, 1.82) is 0 Å². The molecule has 0 aliphatic carbocycles. The molecule has 1 saturated heterocycles. The number of hydrogen-bond donors (Lipinski definition) is 1. The zero-order valence-corrected chi connectivity index (χ0v) is 16.0. The first-order valence-corrected chi connectivity index (χ1v) is 9.24. The van der Waals surface area contributed by atoms with Crippen LogP contribution in [0, 0.1) is 6.92 Å². The fourth-order valence-electron chi connectivity index (χ4n) is 3.23. The molecule has 4 rings (SSSR count). The van der Waals surface area contributed by atoms with Crippen molar-refractivity contribution in [2.75, 3.05) is 47.8 Å². The van der Waals surface area contributed by atoms with Crippen molar-refractivity contribution >= 4 is 23.2 Å². The molecule has 29 heavy (non-hydrogen) atoms. The summed E-state index contributed by atoms with van der Waals surface area (Å²) in [7, 11) is 0. The molecular formula is C17H20F3N9. The number of halogens is 3. The quantitative estimate of drug-likeness (QED) is 0.703. The number of anilines is 3. The Labute approximate surface area is 164 Å². The topological polar surface area (TPSA) is 87.4 Å². The summed E-state index contributed by atoms with van der Waals surface area (Å²) in [6, 6.07) is 5.04. The second-order valence-corrected chi connectivity index (χ2v) is 6.68. The van der Waals surface area contributed by atoms with Gasteiger partial charge in [-0.3, -0.25) is 0 Å². The molecule has 3 aromatic rings. The molecule has 1 fully saturated rings. The van der Waals surface area contributed by atoms with Gasteiger partial charge in [0.2, 0.25) is 5.95 Å². The van der Waals surface area contributed by atoms with Gasteiger partial charge in [-0.2, -0.15) is 22.7 Å². The highest BCUT2D eigenvalue weighted by atomic mass is 19.4. The first kappa shape index (κ1) is 19.2. The number of fused-ring (bicyclic) bond motifs is 1. The number of nitrogens with one attached hydrogen (secondary N) is 1. The van der Waals surface area contributed by atoms with Crippen LogP contribution in [0.1, 0.15) is 18.4 Å². The van der Waals surface area contributed by atoms with Crippen LogP contribution in [0.15, 0.2) is 18.2 Å². The van der Waals surface area contributed by atoms with Crippen LogP contribution < -0.4 is 15.1 Å². The minimum atomic E-state index is -4.61. The zero-order chi connectivity index (χ0) is 20.6. The fourth-order valence-corrected chi connectivity index (χ4v) is 3.23. The minimum Gasteiger partial charge on any atom is -0.370 e. The van der Waals surface area contributed by atoms with Gasteiger partial charge in [0.05, 0.1) is 0 Å². The smallest absolute Gasteiger partial charge is 0.370 e. The number of piperazine rings is 1. The van der Waals surface area contributed by atoms with E-state index >= 15 is 0 Å². The number of hydrogen-bond acceptors (Lipinski definition) is 8. The van der Waals surface area contributed by atoms with Crippen molar-refractivity contribution in [3.05, 3.63) is 29.7 Å². The molecule has 1 N–H and O–H groups in total. The maximum atomic E-state index is 13.1. The van der Waals surface area contributed by atoms with Gasteiger partial charge in [-0.25, -0.2) is 4.98 Å². The Morgan fingerprint density at radius 3 is 2.45 bits per heavy atom. The van der Waals surface area contributed by atoms with Gasteiger partial charge in [0.15, 0.2) is 5.65 Å². The normalized spacial score (nSPS) is 15.2. The summed E-state index contributed by atoms with van der Waals surface area (Å²) in [6.45, 7) is 7.09. The summed E-state index contributed by atoms with van der Waals surface area (Å²) in [4.78, 5) is 13.0. The SMILES string of the molecule is CCNc1cc(C)nc(N2CCN(c3ccc4nnc(C(F)(F)F)n4n3)CC2)n1. The summed E-state index contributed by atoms with van der Waals surface area (Å²) in [5.41, 5.74) is 0.927. The zero-order valence-electron chi connectivity index (χ0n) is 16.0. The highest BCUT2D eigenvalue weighted by Crippen LogP contribution is 2.28. The molecule has 0 saturated carbocycles. The van der Waals surface area contributed by atoms with Crippen molar-refractivity contribution in [3.8, 4) is 0 Å². The highest BCUT2D eigenvalue weighted by molar-refractivity contribution is 5.49. The minimum absolute atomic E-state index is 0.0591. The summed E-state index contributed by atoms with van der Waals surface area (Å²) < 4.78 is 40.0. The summed E-state index contributed by atoms with van der Waals surface area (Å²) in [5.74, 6) is 0.733. The molecule has 0 aromatic carbocycles. The molecule has 1 aliphatic heterocycles. The van der Waals surface area contributed by atoms with Crippen molar-refractivity contribution in [2.45, 2.75) is 20.0 Å². The number of nitrogens with zero attached hydrogens (tertiary/aromatic N) is 8. The summed E-state index contributed by atoms with van der Waals surface area (Å²) >= 11 is 0. The Hall–Kier alpha value is -3.18. The maximum Gasteiger partial charge on any atom is 0.453 e. The third kappa shape index (κ3) is 3.87. The lowest BCUT2D eigenvalue weighted by Crippen LogP contribution is -2.47. The molecule has 1 aliphatic rings. The van der Waals surface area contributed by atoms with Crippen LogP contribution in [-0.4, -0.2) is 62.5 Å². The fraction of sp³-hybridized carbons (Fsp3) is 0.471. The van der Waals surface area contributed by atoms with Crippen LogP contribution in [0.3, 0.4) is 0 Å². The van der Waals surface area contributed by atoms with E-state index in [9.17, 15) is 13.2 Å². The van der Waals surface area contributed by atoms with Gasteiger partial charge in [-0.15, -0.1) is 15.3 Å². The monoisotopic (exact) mass is 407 g/mol. The van der Waals surface area contributed by atoms with E-state index in [0.29, 0.717) is 37.9 Å². The second kappa shape index (κ2) is 7.33. The molecule has 0 unspecified atom stereocenters. The van der Waals surface area contributed by atoms with Crippen LogP contribution in [0.4, 0.5) is 30.8 Å². The van der Waals surface area contributed by atoms with Gasteiger partial charge in [-0.1, -0.05) is 0 Å². The molecule has 12 heteroatoms. The van der Waals surface area contributed by atoms with Gasteiger partial charge in [0.1, 0.15) is 11.6 Å². The van der Waals surface area contributed by atoms with E-state index in [1.807, 2.05) is 24.8 Å². The van der Waals surface area contributed by atoms with E-state index in [0.717, 1.165) is 22.6 Å². The van der Waals surface area contributed by atoms with Crippen LogP contribution >= 0.6 is 0 Å². The predicted octanol–water partition coefficient (Wildman–Crippen LogP) is 2.00. The molecule has 0 radical (unpaired) electrons. The van der Waals surface area contributed by atoms with Crippen LogP contribution in [0.25, 0.3) is 5.65 Å². The second-order valence-electron chi connectivity index (χ2n) is 6.68. The molecular weight excluding hydrogens is 387 g/mol. The Balaban J connectivity index is 1.51. The van der Waals surface area contributed by atoms with E-state index in [2.05, 4.69) is 35.5 Å². The van der Waals surface area contributed by atoms with Crippen LogP contribution in [-0.2, 0) is 6.18 Å². The standard InChI is InChI=1S/C17H20F3N9/c1-3-21-12-10-11(2)22-16(23-12)28-8-6-27(7-9-28)14-5-4-13-24-25-15(17(18,19)20)29(13)26-14/h4-5,10H,3,6-9H2,1-2H3,(H,21,22,23). The molecule has 9 nitrogen and oxygen atoms in total. The Kier molecular flexibility index (Phi) is 4.84. The van der Waals surface area contributed by atoms with Gasteiger partial charge >= 0.3 is 6.18 Å². The van der Waals surface area contributed by atoms with E-state index < -0.39 is 12.0 Å². The first-order chi connectivity index (χ1) is 13.8. The van der Waals surface area contributed by atoms with E-state index in [4.69, 9.17) is 0 Å². The molecule has 0 bridgehead atoms. The van der Waals surface area contributed by atoms with Crippen molar-refractivity contribution < 1.29 is 13.2 Å². The summed E-state index contributed by atoms with van der Waals surface area (Å²) in [6.07, 6.45) is -4.61.